The van der Waals surface area contributed by atoms with Gasteiger partial charge in [0.15, 0.2) is 0 Å². The summed E-state index contributed by atoms with van der Waals surface area (Å²) in [6.45, 7) is 5.01. The zero-order valence-corrected chi connectivity index (χ0v) is 28.7. The molecular formula is C40H38N6O6. The molecule has 3 amide bonds. The van der Waals surface area contributed by atoms with Crippen molar-refractivity contribution >= 4 is 62.3 Å². The second kappa shape index (κ2) is 15.6. The first-order valence-electron chi connectivity index (χ1n) is 16.9. The van der Waals surface area contributed by atoms with Crippen LogP contribution in [0, 0.1) is 0 Å². The van der Waals surface area contributed by atoms with Gasteiger partial charge in [-0.05, 0) is 79.4 Å². The molecule has 0 spiro atoms. The molecule has 0 radical (unpaired) electrons. The van der Waals surface area contributed by atoms with Crippen LogP contribution in [0.4, 0.5) is 22.7 Å². The minimum atomic E-state index is -0.482. The molecular weight excluding hydrogens is 660 g/mol. The lowest BCUT2D eigenvalue weighted by molar-refractivity contribution is -0.116. The van der Waals surface area contributed by atoms with Crippen LogP contribution < -0.4 is 31.7 Å². The number of fused-ring (bicyclic) bond motifs is 4. The average molecular weight is 699 g/mol. The molecule has 0 fully saturated rings. The smallest absolute Gasteiger partial charge is 0.261 e. The Hall–Kier alpha value is -6.53. The molecule has 0 aliphatic carbocycles. The highest BCUT2D eigenvalue weighted by atomic mass is 16.2. The highest BCUT2D eigenvalue weighted by Gasteiger charge is 2.23. The summed E-state index contributed by atoms with van der Waals surface area (Å²) in [5.41, 5.74) is 6.36. The first-order chi connectivity index (χ1) is 25.2. The predicted molar refractivity (Wildman–Crippen MR) is 205 cm³/mol. The summed E-state index contributed by atoms with van der Waals surface area (Å²) in [5.74, 6) is -0.919. The number of rotatable bonds is 4. The first-order valence-corrected chi connectivity index (χ1v) is 16.9. The van der Waals surface area contributed by atoms with Gasteiger partial charge in [-0.25, -0.2) is 0 Å². The molecule has 0 unspecified atom stereocenters. The Morgan fingerprint density at radius 3 is 1.81 bits per heavy atom. The molecule has 4 heterocycles. The largest absolute Gasteiger partial charge is 0.397 e. The summed E-state index contributed by atoms with van der Waals surface area (Å²) >= 11 is 0. The van der Waals surface area contributed by atoms with Gasteiger partial charge in [0.2, 0.25) is 16.8 Å². The van der Waals surface area contributed by atoms with Crippen LogP contribution in [0.1, 0.15) is 45.7 Å². The minimum Gasteiger partial charge on any atom is -0.397 e. The van der Waals surface area contributed by atoms with E-state index in [9.17, 15) is 24.0 Å². The Morgan fingerprint density at radius 2 is 1.25 bits per heavy atom. The number of aromatic amines is 2. The number of anilines is 4. The molecule has 0 atom stereocenters. The molecule has 0 bridgehead atoms. The number of hydrogen-bond acceptors (Lipinski definition) is 7. The van der Waals surface area contributed by atoms with Crippen LogP contribution in [-0.4, -0.2) is 52.5 Å². The van der Waals surface area contributed by atoms with E-state index >= 15 is 0 Å². The Morgan fingerprint density at radius 1 is 0.731 bits per heavy atom. The Labute approximate surface area is 298 Å². The topological polar surface area (TPSA) is 176 Å². The second-order valence-corrected chi connectivity index (χ2v) is 12.2. The van der Waals surface area contributed by atoms with Gasteiger partial charge in [-0.2, -0.15) is 0 Å². The number of amides is 3. The number of para-hydroxylation sites is 2. The van der Waals surface area contributed by atoms with Gasteiger partial charge in [0.25, 0.3) is 11.8 Å². The van der Waals surface area contributed by atoms with Crippen molar-refractivity contribution in [2.45, 2.75) is 26.7 Å². The molecule has 264 valence electrons. The fraction of sp³-hybridized carbons (Fsp3) is 0.175. The maximum Gasteiger partial charge on any atom is 0.261 e. The minimum absolute atomic E-state index is 0.0294. The highest BCUT2D eigenvalue weighted by Crippen LogP contribution is 2.31. The lowest BCUT2D eigenvalue weighted by Gasteiger charge is -2.15. The molecule has 8 rings (SSSR count). The molecule has 6 aromatic rings. The number of pyridine rings is 2. The van der Waals surface area contributed by atoms with Gasteiger partial charge in [-0.3, -0.25) is 24.0 Å². The van der Waals surface area contributed by atoms with Gasteiger partial charge in [-0.15, -0.1) is 0 Å². The quantitative estimate of drug-likeness (QED) is 0.142. The standard InChI is InChI=1S/C20H17N3O3.C18H15N3O2.C2H6O/c1-12(24)23-9-8-13-6-7-14(10-18(13)23)22-20(26)16-11-21-17-5-3-2-4-15(17)19(16)25;22-17-13-3-1-2-4-15(13)20-10-14(17)18(23)21-12-6-5-11-7-8-19-16(11)9-12;1-2-3/h2-7,10-11H,8-9H2,1H3,(H,21,25)(H,22,26);1-6,9-10,19H,7-8H2,(H,20,22)(H,21,23);3H,2H2,1H3. The van der Waals surface area contributed by atoms with Crippen LogP contribution in [0.25, 0.3) is 21.8 Å². The molecule has 12 heteroatoms. The molecule has 6 N–H and O–H groups in total. The number of benzene rings is 4. The zero-order chi connectivity index (χ0) is 36.8. The second-order valence-electron chi connectivity index (χ2n) is 12.2. The highest BCUT2D eigenvalue weighted by molar-refractivity contribution is 6.07. The third-order valence-corrected chi connectivity index (χ3v) is 8.76. The third-order valence-electron chi connectivity index (χ3n) is 8.76. The lowest BCUT2D eigenvalue weighted by atomic mass is 10.1. The van der Waals surface area contributed by atoms with Gasteiger partial charge in [-0.1, -0.05) is 36.4 Å². The van der Waals surface area contributed by atoms with Crippen molar-refractivity contribution in [3.8, 4) is 0 Å². The molecule has 52 heavy (non-hydrogen) atoms. The fourth-order valence-electron chi connectivity index (χ4n) is 6.22. The number of H-pyrrole nitrogens is 2. The van der Waals surface area contributed by atoms with Crippen molar-refractivity contribution in [2.24, 2.45) is 0 Å². The number of nitrogens with one attached hydrogen (secondary N) is 5. The molecule has 0 saturated heterocycles. The SMILES string of the molecule is CC(=O)N1CCc2ccc(NC(=O)c3c[nH]c4ccccc4c3=O)cc21.CCO.O=C(Nc1ccc2c(c1)NCC2)c1c[nH]c2ccccc2c1=O. The molecule has 12 nitrogen and oxygen atoms in total. The lowest BCUT2D eigenvalue weighted by Crippen LogP contribution is -2.26. The number of nitrogens with zero attached hydrogens (tertiary/aromatic N) is 1. The van der Waals surface area contributed by atoms with Crippen molar-refractivity contribution in [3.05, 3.63) is 140 Å². The van der Waals surface area contributed by atoms with E-state index in [-0.39, 0.29) is 34.5 Å². The van der Waals surface area contributed by atoms with Crippen LogP contribution in [0.5, 0.6) is 0 Å². The Bertz CT molecular complexity index is 2430. The number of aliphatic hydroxyl groups excluding tert-OH is 1. The molecule has 2 aromatic heterocycles. The zero-order valence-electron chi connectivity index (χ0n) is 28.7. The molecule has 2 aliphatic rings. The van der Waals surface area contributed by atoms with E-state index in [1.54, 1.807) is 54.3 Å². The van der Waals surface area contributed by atoms with Crippen LogP contribution in [0.15, 0.2) is 107 Å². The Kier molecular flexibility index (Phi) is 10.6. The van der Waals surface area contributed by atoms with Crippen LogP contribution in [-0.2, 0) is 17.6 Å². The maximum absolute atomic E-state index is 12.6. The summed E-state index contributed by atoms with van der Waals surface area (Å²) in [5, 5.41) is 17.4. The molecule has 0 saturated carbocycles. The third kappa shape index (κ3) is 7.47. The van der Waals surface area contributed by atoms with E-state index in [1.807, 2.05) is 42.5 Å². The van der Waals surface area contributed by atoms with Crippen molar-refractivity contribution in [1.82, 2.24) is 9.97 Å². The van der Waals surface area contributed by atoms with E-state index in [1.165, 1.54) is 24.9 Å². The molecule has 2 aliphatic heterocycles. The van der Waals surface area contributed by atoms with Gasteiger partial charge < -0.3 is 35.9 Å². The number of carbonyl (C=O) groups is 3. The number of aromatic nitrogens is 2. The molecule has 4 aromatic carbocycles. The summed E-state index contributed by atoms with van der Waals surface area (Å²) in [7, 11) is 0. The summed E-state index contributed by atoms with van der Waals surface area (Å²) < 4.78 is 0. The number of hydrogen-bond donors (Lipinski definition) is 6. The normalized spacial score (nSPS) is 12.4. The fourth-order valence-corrected chi connectivity index (χ4v) is 6.22. The Balaban J connectivity index is 0.000000167. The van der Waals surface area contributed by atoms with E-state index in [2.05, 4.69) is 25.9 Å². The number of carbonyl (C=O) groups excluding carboxylic acids is 3. The summed E-state index contributed by atoms with van der Waals surface area (Å²) in [6.07, 6.45) is 4.68. The average Bonchev–Trinajstić information content (AvgIpc) is 3.80. The number of aliphatic hydroxyl groups is 1. The first kappa shape index (κ1) is 35.3. The van der Waals surface area contributed by atoms with E-state index < -0.39 is 11.8 Å². The van der Waals surface area contributed by atoms with Crippen LogP contribution >= 0.6 is 0 Å². The predicted octanol–water partition coefficient (Wildman–Crippen LogP) is 5.44. The monoisotopic (exact) mass is 698 g/mol. The summed E-state index contributed by atoms with van der Waals surface area (Å²) in [6, 6.07) is 25.4. The van der Waals surface area contributed by atoms with Crippen molar-refractivity contribution < 1.29 is 19.5 Å². The maximum atomic E-state index is 12.6. The van der Waals surface area contributed by atoms with Crippen molar-refractivity contribution in [1.29, 1.82) is 0 Å². The van der Waals surface area contributed by atoms with Gasteiger partial charge in [0.1, 0.15) is 11.1 Å². The van der Waals surface area contributed by atoms with Crippen LogP contribution in [0.2, 0.25) is 0 Å². The summed E-state index contributed by atoms with van der Waals surface area (Å²) in [4.78, 5) is 69.4. The van der Waals surface area contributed by atoms with Gasteiger partial charge in [0.05, 0.1) is 0 Å². The van der Waals surface area contributed by atoms with E-state index in [0.29, 0.717) is 34.2 Å². The van der Waals surface area contributed by atoms with Crippen LogP contribution in [0.3, 0.4) is 0 Å². The van der Waals surface area contributed by atoms with E-state index in [4.69, 9.17) is 5.11 Å². The van der Waals surface area contributed by atoms with Gasteiger partial charge in [0, 0.05) is 83.6 Å². The van der Waals surface area contributed by atoms with Gasteiger partial charge >= 0.3 is 0 Å². The van der Waals surface area contributed by atoms with E-state index in [0.717, 1.165) is 41.8 Å². The van der Waals surface area contributed by atoms with Crippen molar-refractivity contribution in [2.75, 3.05) is 40.5 Å². The van der Waals surface area contributed by atoms with Crippen molar-refractivity contribution in [3.63, 3.8) is 0 Å².